The van der Waals surface area contributed by atoms with Gasteiger partial charge in [-0.25, -0.2) is 9.97 Å². The number of aryl methyl sites for hydroxylation is 2. The minimum atomic E-state index is 0.0413. The van der Waals surface area contributed by atoms with Crippen molar-refractivity contribution in [2.75, 3.05) is 31.6 Å². The van der Waals surface area contributed by atoms with Gasteiger partial charge in [0.05, 0.1) is 11.8 Å². The van der Waals surface area contributed by atoms with E-state index in [0.29, 0.717) is 11.8 Å². The van der Waals surface area contributed by atoms with Gasteiger partial charge in [-0.2, -0.15) is 0 Å². The van der Waals surface area contributed by atoms with Gasteiger partial charge in [-0.3, -0.25) is 4.98 Å². The molecule has 38 heavy (non-hydrogen) atoms. The summed E-state index contributed by atoms with van der Waals surface area (Å²) in [6.45, 7) is 19.5. The highest BCUT2D eigenvalue weighted by Gasteiger charge is 2.38. The van der Waals surface area contributed by atoms with Gasteiger partial charge in [0.25, 0.3) is 0 Å². The van der Waals surface area contributed by atoms with E-state index in [-0.39, 0.29) is 11.5 Å². The Morgan fingerprint density at radius 1 is 1.03 bits per heavy atom. The van der Waals surface area contributed by atoms with Crippen molar-refractivity contribution >= 4 is 5.82 Å². The zero-order valence-electron chi connectivity index (χ0n) is 24.6. The maximum Gasteiger partial charge on any atom is 0.162 e. The third kappa shape index (κ3) is 5.00. The van der Waals surface area contributed by atoms with Crippen LogP contribution in [0.3, 0.4) is 0 Å². The summed E-state index contributed by atoms with van der Waals surface area (Å²) >= 11 is 0. The molecule has 0 aromatic carbocycles. The summed E-state index contributed by atoms with van der Waals surface area (Å²) in [5, 5.41) is 0. The van der Waals surface area contributed by atoms with Gasteiger partial charge in [-0.05, 0) is 62.1 Å². The van der Waals surface area contributed by atoms with Crippen LogP contribution in [-0.2, 0) is 17.7 Å². The van der Waals surface area contributed by atoms with E-state index in [1.165, 1.54) is 22.5 Å². The molecule has 2 aromatic heterocycles. The molecule has 1 unspecified atom stereocenters. The van der Waals surface area contributed by atoms with Crippen LogP contribution in [0, 0.1) is 31.1 Å². The van der Waals surface area contributed by atoms with Gasteiger partial charge in [0.15, 0.2) is 5.82 Å². The van der Waals surface area contributed by atoms with Gasteiger partial charge in [0.1, 0.15) is 5.82 Å². The molecule has 3 aliphatic rings. The van der Waals surface area contributed by atoms with E-state index in [1.807, 2.05) is 19.5 Å². The second kappa shape index (κ2) is 10.4. The standard InChI is InChI=1S/C32H45N5O/c1-20(2)24-10-9-21(3)27(15-24)36-13-11-26-25(18-36)31(37-14-12-28(38-8)32(6,7)19-37)35-30(34-26)29-22(4)16-33-17-23(29)5/h9-10,16-17,20,24,28H,11-15,18-19H2,1-8H3/t24?,28-/m1/s1. The first-order chi connectivity index (χ1) is 18.1. The first kappa shape index (κ1) is 26.9. The molecular formula is C32H45N5O. The summed E-state index contributed by atoms with van der Waals surface area (Å²) in [6, 6.07) is 0. The molecule has 0 N–H and O–H groups in total. The molecule has 2 atom stereocenters. The molecule has 1 aliphatic carbocycles. The number of allylic oxidation sites excluding steroid dienone is 4. The summed E-state index contributed by atoms with van der Waals surface area (Å²) in [6.07, 6.45) is 11.9. The van der Waals surface area contributed by atoms with Crippen LogP contribution < -0.4 is 4.90 Å². The fraction of sp³-hybridized carbons (Fsp3) is 0.594. The lowest BCUT2D eigenvalue weighted by molar-refractivity contribution is -0.00649. The van der Waals surface area contributed by atoms with E-state index in [1.54, 1.807) is 0 Å². The van der Waals surface area contributed by atoms with Crippen molar-refractivity contribution in [3.8, 4) is 11.4 Å². The molecule has 2 aromatic rings. The fourth-order valence-corrected chi connectivity index (χ4v) is 6.66. The average molecular weight is 516 g/mol. The average Bonchev–Trinajstić information content (AvgIpc) is 2.87. The number of piperidine rings is 1. The van der Waals surface area contributed by atoms with Gasteiger partial charge < -0.3 is 14.5 Å². The predicted octanol–water partition coefficient (Wildman–Crippen LogP) is 6.27. The summed E-state index contributed by atoms with van der Waals surface area (Å²) in [4.78, 5) is 20.1. The van der Waals surface area contributed by atoms with Crippen molar-refractivity contribution in [1.82, 2.24) is 19.9 Å². The monoisotopic (exact) mass is 515 g/mol. The Morgan fingerprint density at radius 2 is 1.76 bits per heavy atom. The van der Waals surface area contributed by atoms with Crippen LogP contribution in [-0.4, -0.2) is 52.7 Å². The van der Waals surface area contributed by atoms with Crippen LogP contribution in [0.5, 0.6) is 0 Å². The van der Waals surface area contributed by atoms with Crippen LogP contribution in [0.1, 0.15) is 69.8 Å². The number of ether oxygens (including phenoxy) is 1. The molecule has 1 saturated heterocycles. The minimum absolute atomic E-state index is 0.0413. The Balaban J connectivity index is 1.57. The summed E-state index contributed by atoms with van der Waals surface area (Å²) in [7, 11) is 1.85. The molecule has 0 saturated carbocycles. The third-order valence-electron chi connectivity index (χ3n) is 9.02. The van der Waals surface area contributed by atoms with Crippen LogP contribution in [0.15, 0.2) is 35.8 Å². The summed E-state index contributed by atoms with van der Waals surface area (Å²) in [5.41, 5.74) is 8.80. The Morgan fingerprint density at radius 3 is 2.42 bits per heavy atom. The number of anilines is 1. The zero-order chi connectivity index (χ0) is 27.2. The highest BCUT2D eigenvalue weighted by atomic mass is 16.5. The Kier molecular flexibility index (Phi) is 7.38. The van der Waals surface area contributed by atoms with Crippen LogP contribution >= 0.6 is 0 Å². The number of methoxy groups -OCH3 is 1. The molecule has 0 radical (unpaired) electrons. The molecule has 0 amide bonds. The van der Waals surface area contributed by atoms with Gasteiger partial charge >= 0.3 is 0 Å². The second-order valence-electron chi connectivity index (χ2n) is 12.6. The Bertz CT molecular complexity index is 1240. The summed E-state index contributed by atoms with van der Waals surface area (Å²) in [5.74, 6) is 3.19. The van der Waals surface area contributed by atoms with Crippen LogP contribution in [0.2, 0.25) is 0 Å². The van der Waals surface area contributed by atoms with Crippen molar-refractivity contribution in [1.29, 1.82) is 0 Å². The first-order valence-corrected chi connectivity index (χ1v) is 14.3. The highest BCUT2D eigenvalue weighted by Crippen LogP contribution is 2.39. The molecule has 4 heterocycles. The number of hydrogen-bond donors (Lipinski definition) is 0. The van der Waals surface area contributed by atoms with Crippen molar-refractivity contribution < 1.29 is 4.74 Å². The quantitative estimate of drug-likeness (QED) is 0.468. The SMILES string of the molecule is CO[C@@H]1CCN(c2nc(-c3c(C)cncc3C)nc3c2CN(C2=C(C)C=CC(C(C)C)C2)CC3)CC1(C)C. The molecule has 0 spiro atoms. The highest BCUT2D eigenvalue weighted by molar-refractivity contribution is 5.67. The number of aromatic nitrogens is 3. The normalized spacial score (nSPS) is 23.3. The van der Waals surface area contributed by atoms with Crippen molar-refractivity contribution in [3.05, 3.63) is 58.2 Å². The number of fused-ring (bicyclic) bond motifs is 1. The Labute approximate surface area is 229 Å². The van der Waals surface area contributed by atoms with E-state index in [2.05, 4.69) is 75.4 Å². The van der Waals surface area contributed by atoms with Gasteiger partial charge in [-0.15, -0.1) is 0 Å². The van der Waals surface area contributed by atoms with Gasteiger partial charge in [0, 0.05) is 74.3 Å². The molecule has 5 rings (SSSR count). The second-order valence-corrected chi connectivity index (χ2v) is 12.6. The number of pyridine rings is 1. The van der Waals surface area contributed by atoms with E-state index in [0.717, 1.165) is 73.8 Å². The van der Waals surface area contributed by atoms with E-state index >= 15 is 0 Å². The lowest BCUT2D eigenvalue weighted by Crippen LogP contribution is -2.50. The van der Waals surface area contributed by atoms with Crippen molar-refractivity contribution in [3.63, 3.8) is 0 Å². The predicted molar refractivity (Wildman–Crippen MR) is 155 cm³/mol. The minimum Gasteiger partial charge on any atom is -0.381 e. The molecule has 0 bridgehead atoms. The first-order valence-electron chi connectivity index (χ1n) is 14.3. The molecule has 2 aliphatic heterocycles. The molecular weight excluding hydrogens is 470 g/mol. The van der Waals surface area contributed by atoms with E-state index in [9.17, 15) is 0 Å². The van der Waals surface area contributed by atoms with Crippen molar-refractivity contribution in [2.45, 2.75) is 80.4 Å². The molecule has 1 fully saturated rings. The molecule has 6 heteroatoms. The fourth-order valence-electron chi connectivity index (χ4n) is 6.66. The van der Waals surface area contributed by atoms with Gasteiger partial charge in [0.2, 0.25) is 0 Å². The summed E-state index contributed by atoms with van der Waals surface area (Å²) < 4.78 is 5.88. The van der Waals surface area contributed by atoms with E-state index in [4.69, 9.17) is 14.7 Å². The zero-order valence-corrected chi connectivity index (χ0v) is 24.6. The maximum atomic E-state index is 5.88. The molecule has 6 nitrogen and oxygen atoms in total. The maximum absolute atomic E-state index is 5.88. The lowest BCUT2D eigenvalue weighted by Gasteiger charge is -2.45. The number of nitrogens with zero attached hydrogens (tertiary/aromatic N) is 5. The van der Waals surface area contributed by atoms with Crippen LogP contribution in [0.4, 0.5) is 5.82 Å². The topological polar surface area (TPSA) is 54.4 Å². The lowest BCUT2D eigenvalue weighted by atomic mass is 9.81. The van der Waals surface area contributed by atoms with E-state index < -0.39 is 0 Å². The smallest absolute Gasteiger partial charge is 0.162 e. The van der Waals surface area contributed by atoms with Gasteiger partial charge in [-0.1, -0.05) is 39.8 Å². The van der Waals surface area contributed by atoms with Crippen LogP contribution in [0.25, 0.3) is 11.4 Å². The number of hydrogen-bond acceptors (Lipinski definition) is 6. The van der Waals surface area contributed by atoms with Crippen molar-refractivity contribution in [2.24, 2.45) is 17.3 Å². The molecule has 204 valence electrons. The largest absolute Gasteiger partial charge is 0.381 e. The Hall–Kier alpha value is -2.73. The third-order valence-corrected chi connectivity index (χ3v) is 9.02. The number of rotatable bonds is 5.